The second-order valence-electron chi connectivity index (χ2n) is 2.52. The summed E-state index contributed by atoms with van der Waals surface area (Å²) in [6, 6.07) is 5.09. The van der Waals surface area contributed by atoms with Crippen molar-refractivity contribution in [1.29, 1.82) is 0 Å². The summed E-state index contributed by atoms with van der Waals surface area (Å²) in [6.45, 7) is 1.96. The molecule has 2 nitrogen and oxygen atoms in total. The molecule has 0 saturated heterocycles. The molecule has 0 spiro atoms. The second-order valence-corrected chi connectivity index (χ2v) is 2.96. The molecule has 0 atom stereocenters. The highest BCUT2D eigenvalue weighted by molar-refractivity contribution is 6.30. The van der Waals surface area contributed by atoms with Crippen molar-refractivity contribution in [2.75, 3.05) is 0 Å². The van der Waals surface area contributed by atoms with E-state index in [-0.39, 0.29) is 0 Å². The van der Waals surface area contributed by atoms with E-state index in [1.54, 1.807) is 18.2 Å². The lowest BCUT2D eigenvalue weighted by molar-refractivity contribution is 0.0999. The molecule has 0 fully saturated rings. The zero-order valence-corrected chi connectivity index (χ0v) is 7.56. The predicted octanol–water partition coefficient (Wildman–Crippen LogP) is 2.00. The molecule has 0 aromatic heterocycles. The second kappa shape index (κ2) is 3.59. The van der Waals surface area contributed by atoms with E-state index >= 15 is 0 Å². The van der Waals surface area contributed by atoms with E-state index in [1.165, 1.54) is 0 Å². The maximum absolute atomic E-state index is 10.9. The van der Waals surface area contributed by atoms with E-state index in [0.29, 0.717) is 10.6 Å². The average molecular weight is 184 g/mol. The normalized spacial score (nSPS) is 9.83. The fraction of sp³-hybridized carbons (Fsp3) is 0.222. The molecule has 0 aliphatic carbocycles. The molecule has 0 bridgehead atoms. The summed E-state index contributed by atoms with van der Waals surface area (Å²) in [7, 11) is 0. The number of halogens is 1. The number of nitrogens with two attached hydrogens (primary N) is 1. The Balaban J connectivity index is 3.20. The maximum Gasteiger partial charge on any atom is 0.248 e. The molecular weight excluding hydrogens is 174 g/mol. The lowest BCUT2D eigenvalue weighted by atomic mass is 10.1. The number of primary amides is 1. The summed E-state index contributed by atoms with van der Waals surface area (Å²) in [5.41, 5.74) is 6.61. The van der Waals surface area contributed by atoms with Crippen molar-refractivity contribution in [1.82, 2.24) is 0 Å². The van der Waals surface area contributed by atoms with Crippen LogP contribution in [0.2, 0.25) is 5.02 Å². The number of amides is 1. The van der Waals surface area contributed by atoms with E-state index in [1.807, 2.05) is 6.92 Å². The average Bonchev–Trinajstić information content (AvgIpc) is 2.03. The van der Waals surface area contributed by atoms with Gasteiger partial charge in [0.15, 0.2) is 0 Å². The highest BCUT2D eigenvalue weighted by Crippen LogP contribution is 2.15. The molecule has 64 valence electrons. The van der Waals surface area contributed by atoms with Gasteiger partial charge in [0, 0.05) is 10.6 Å². The van der Waals surface area contributed by atoms with Gasteiger partial charge in [-0.3, -0.25) is 4.79 Å². The van der Waals surface area contributed by atoms with Gasteiger partial charge in [0.2, 0.25) is 5.91 Å². The first-order valence-electron chi connectivity index (χ1n) is 3.73. The summed E-state index contributed by atoms with van der Waals surface area (Å²) < 4.78 is 0. The van der Waals surface area contributed by atoms with Gasteiger partial charge in [0.1, 0.15) is 0 Å². The largest absolute Gasteiger partial charge is 0.366 e. The molecule has 0 aliphatic heterocycles. The molecule has 0 saturated carbocycles. The summed E-state index contributed by atoms with van der Waals surface area (Å²) >= 11 is 5.75. The molecule has 12 heavy (non-hydrogen) atoms. The lowest BCUT2D eigenvalue weighted by Crippen LogP contribution is -2.13. The first kappa shape index (κ1) is 9.07. The molecule has 0 unspecified atom stereocenters. The van der Waals surface area contributed by atoms with Crippen LogP contribution < -0.4 is 5.73 Å². The standard InChI is InChI=1S/C9H10ClNO/c1-2-6-5-7(10)3-4-8(6)9(11)12/h3-5H,2H2,1H3,(H2,11,12). The lowest BCUT2D eigenvalue weighted by Gasteiger charge is -2.03. The molecule has 3 heteroatoms. The summed E-state index contributed by atoms with van der Waals surface area (Å²) in [4.78, 5) is 10.9. The molecule has 0 aliphatic rings. The Kier molecular flexibility index (Phi) is 2.71. The zero-order chi connectivity index (χ0) is 9.14. The Labute approximate surface area is 76.3 Å². The molecule has 1 rings (SSSR count). The topological polar surface area (TPSA) is 43.1 Å². The summed E-state index contributed by atoms with van der Waals surface area (Å²) in [6.07, 6.45) is 0.763. The zero-order valence-electron chi connectivity index (χ0n) is 6.80. The molecule has 0 radical (unpaired) electrons. The van der Waals surface area contributed by atoms with E-state index in [2.05, 4.69) is 0 Å². The quantitative estimate of drug-likeness (QED) is 0.749. The molecule has 1 amide bonds. The molecule has 2 N–H and O–H groups in total. The van der Waals surface area contributed by atoms with Crippen LogP contribution in [0.3, 0.4) is 0 Å². The van der Waals surface area contributed by atoms with Crippen molar-refractivity contribution >= 4 is 17.5 Å². The van der Waals surface area contributed by atoms with Gasteiger partial charge in [-0.05, 0) is 30.2 Å². The predicted molar refractivity (Wildman–Crippen MR) is 49.3 cm³/mol. The van der Waals surface area contributed by atoms with Crippen LogP contribution >= 0.6 is 11.6 Å². The number of aryl methyl sites for hydroxylation is 1. The van der Waals surface area contributed by atoms with Crippen LogP contribution in [0.25, 0.3) is 0 Å². The van der Waals surface area contributed by atoms with E-state index in [9.17, 15) is 4.79 Å². The fourth-order valence-electron chi connectivity index (χ4n) is 1.10. The molecule has 1 aromatic rings. The number of carbonyl (C=O) groups excluding carboxylic acids is 1. The van der Waals surface area contributed by atoms with Gasteiger partial charge in [-0.1, -0.05) is 18.5 Å². The monoisotopic (exact) mass is 183 g/mol. The van der Waals surface area contributed by atoms with Crippen LogP contribution in [0.15, 0.2) is 18.2 Å². The van der Waals surface area contributed by atoms with Gasteiger partial charge in [0.25, 0.3) is 0 Å². The number of carbonyl (C=O) groups is 1. The van der Waals surface area contributed by atoms with Gasteiger partial charge < -0.3 is 5.73 Å². The van der Waals surface area contributed by atoms with Crippen molar-refractivity contribution in [2.24, 2.45) is 5.73 Å². The molecule has 0 heterocycles. The minimum Gasteiger partial charge on any atom is -0.366 e. The van der Waals surface area contributed by atoms with Crippen LogP contribution in [-0.4, -0.2) is 5.91 Å². The Morgan fingerprint density at radius 1 is 1.58 bits per heavy atom. The van der Waals surface area contributed by atoms with Gasteiger partial charge >= 0.3 is 0 Å². The number of hydrogen-bond donors (Lipinski definition) is 1. The van der Waals surface area contributed by atoms with Gasteiger partial charge in [-0.25, -0.2) is 0 Å². The Morgan fingerprint density at radius 2 is 2.25 bits per heavy atom. The van der Waals surface area contributed by atoms with Crippen molar-refractivity contribution in [3.8, 4) is 0 Å². The van der Waals surface area contributed by atoms with E-state index < -0.39 is 5.91 Å². The Hall–Kier alpha value is -1.02. The van der Waals surface area contributed by atoms with E-state index in [4.69, 9.17) is 17.3 Å². The van der Waals surface area contributed by atoms with Crippen LogP contribution in [0.1, 0.15) is 22.8 Å². The summed E-state index contributed by atoms with van der Waals surface area (Å²) in [5, 5.41) is 0.636. The first-order chi connectivity index (χ1) is 5.65. The van der Waals surface area contributed by atoms with Gasteiger partial charge in [0.05, 0.1) is 0 Å². The number of rotatable bonds is 2. The van der Waals surface area contributed by atoms with Gasteiger partial charge in [-0.2, -0.15) is 0 Å². The Morgan fingerprint density at radius 3 is 2.75 bits per heavy atom. The minimum absolute atomic E-state index is 0.400. The van der Waals surface area contributed by atoms with Crippen LogP contribution in [0, 0.1) is 0 Å². The number of hydrogen-bond acceptors (Lipinski definition) is 1. The maximum atomic E-state index is 10.9. The third-order valence-corrected chi connectivity index (χ3v) is 1.95. The van der Waals surface area contributed by atoms with Crippen LogP contribution in [0.5, 0.6) is 0 Å². The van der Waals surface area contributed by atoms with Crippen molar-refractivity contribution in [3.05, 3.63) is 34.3 Å². The molecule has 1 aromatic carbocycles. The highest BCUT2D eigenvalue weighted by atomic mass is 35.5. The first-order valence-corrected chi connectivity index (χ1v) is 4.11. The fourth-order valence-corrected chi connectivity index (χ4v) is 1.29. The Bertz CT molecular complexity index is 309. The summed E-state index contributed by atoms with van der Waals surface area (Å²) in [5.74, 6) is -0.400. The minimum atomic E-state index is -0.400. The van der Waals surface area contributed by atoms with E-state index in [0.717, 1.165) is 12.0 Å². The smallest absolute Gasteiger partial charge is 0.248 e. The van der Waals surface area contributed by atoms with Gasteiger partial charge in [-0.15, -0.1) is 0 Å². The third-order valence-electron chi connectivity index (χ3n) is 1.71. The molecular formula is C9H10ClNO. The number of benzene rings is 1. The van der Waals surface area contributed by atoms with Crippen molar-refractivity contribution < 1.29 is 4.79 Å². The van der Waals surface area contributed by atoms with Crippen molar-refractivity contribution in [2.45, 2.75) is 13.3 Å². The van der Waals surface area contributed by atoms with Crippen LogP contribution in [-0.2, 0) is 6.42 Å². The van der Waals surface area contributed by atoms with Crippen molar-refractivity contribution in [3.63, 3.8) is 0 Å². The highest BCUT2D eigenvalue weighted by Gasteiger charge is 2.05. The van der Waals surface area contributed by atoms with Crippen LogP contribution in [0.4, 0.5) is 0 Å². The third kappa shape index (κ3) is 1.77. The SMILES string of the molecule is CCc1cc(Cl)ccc1C(N)=O.